The SMILES string of the molecule is CC(C)C1CCC(C[S+](c2ccccc2)c2ccccc2)C1. The van der Waals surface area contributed by atoms with Crippen LogP contribution in [0.25, 0.3) is 0 Å². The van der Waals surface area contributed by atoms with E-state index >= 15 is 0 Å². The maximum Gasteiger partial charge on any atom is 0.160 e. The summed E-state index contributed by atoms with van der Waals surface area (Å²) < 4.78 is 0. The van der Waals surface area contributed by atoms with Crippen molar-refractivity contribution in [3.8, 4) is 0 Å². The van der Waals surface area contributed by atoms with Crippen LogP contribution in [0.3, 0.4) is 0 Å². The molecule has 0 N–H and O–H groups in total. The summed E-state index contributed by atoms with van der Waals surface area (Å²) in [5.74, 6) is 4.02. The summed E-state index contributed by atoms with van der Waals surface area (Å²) in [5, 5.41) is 0. The van der Waals surface area contributed by atoms with E-state index in [1.54, 1.807) is 0 Å². The molecule has 0 spiro atoms. The van der Waals surface area contributed by atoms with Gasteiger partial charge in [-0.3, -0.25) is 0 Å². The lowest BCUT2D eigenvalue weighted by Gasteiger charge is -2.15. The molecule has 1 saturated carbocycles. The summed E-state index contributed by atoms with van der Waals surface area (Å²) in [6.45, 7) is 4.78. The summed E-state index contributed by atoms with van der Waals surface area (Å²) in [6, 6.07) is 22.2. The second-order valence-electron chi connectivity index (χ2n) is 6.87. The minimum atomic E-state index is 0.231. The lowest BCUT2D eigenvalue weighted by Crippen LogP contribution is -2.16. The molecule has 0 bridgehead atoms. The topological polar surface area (TPSA) is 0 Å². The van der Waals surface area contributed by atoms with Crippen LogP contribution >= 0.6 is 0 Å². The van der Waals surface area contributed by atoms with Gasteiger partial charge in [-0.1, -0.05) is 50.2 Å². The predicted molar refractivity (Wildman–Crippen MR) is 97.3 cm³/mol. The van der Waals surface area contributed by atoms with Crippen LogP contribution in [0.1, 0.15) is 33.1 Å². The lowest BCUT2D eigenvalue weighted by molar-refractivity contribution is 0.385. The van der Waals surface area contributed by atoms with Crippen LogP contribution in [0.4, 0.5) is 0 Å². The van der Waals surface area contributed by atoms with Gasteiger partial charge in [0.05, 0.1) is 10.9 Å². The van der Waals surface area contributed by atoms with Crippen molar-refractivity contribution in [1.29, 1.82) is 0 Å². The first-order chi connectivity index (χ1) is 10.7. The monoisotopic (exact) mass is 311 g/mol. The van der Waals surface area contributed by atoms with Crippen LogP contribution in [-0.4, -0.2) is 5.75 Å². The average Bonchev–Trinajstić information content (AvgIpc) is 3.03. The van der Waals surface area contributed by atoms with Crippen molar-refractivity contribution in [2.24, 2.45) is 17.8 Å². The standard InChI is InChI=1S/C21H27S/c1-17(2)19-14-13-18(15-19)16-22(20-9-5-3-6-10-20)21-11-7-4-8-12-21/h3-12,17-19H,13-16H2,1-2H3/q+1. The summed E-state index contributed by atoms with van der Waals surface area (Å²) >= 11 is 0. The molecule has 0 saturated heterocycles. The zero-order valence-electron chi connectivity index (χ0n) is 13.7. The first-order valence-corrected chi connectivity index (χ1v) is 9.94. The second kappa shape index (κ2) is 7.37. The van der Waals surface area contributed by atoms with Crippen molar-refractivity contribution in [1.82, 2.24) is 0 Å². The van der Waals surface area contributed by atoms with Gasteiger partial charge < -0.3 is 0 Å². The fourth-order valence-electron chi connectivity index (χ4n) is 3.60. The third-order valence-corrected chi connectivity index (χ3v) is 7.47. The highest BCUT2D eigenvalue weighted by atomic mass is 32.2. The zero-order chi connectivity index (χ0) is 15.4. The Balaban J connectivity index is 1.78. The second-order valence-corrected chi connectivity index (χ2v) is 8.92. The number of hydrogen-bond donors (Lipinski definition) is 0. The van der Waals surface area contributed by atoms with E-state index in [-0.39, 0.29) is 10.9 Å². The molecule has 1 heteroatoms. The average molecular weight is 312 g/mol. The molecule has 3 rings (SSSR count). The van der Waals surface area contributed by atoms with E-state index in [1.807, 2.05) is 0 Å². The van der Waals surface area contributed by atoms with Crippen LogP contribution in [-0.2, 0) is 10.9 Å². The highest BCUT2D eigenvalue weighted by molar-refractivity contribution is 7.97. The highest BCUT2D eigenvalue weighted by Gasteiger charge is 2.34. The van der Waals surface area contributed by atoms with Crippen molar-refractivity contribution in [3.05, 3.63) is 60.7 Å². The van der Waals surface area contributed by atoms with Crippen molar-refractivity contribution < 1.29 is 0 Å². The van der Waals surface area contributed by atoms with Gasteiger partial charge >= 0.3 is 0 Å². The van der Waals surface area contributed by atoms with Gasteiger partial charge in [0.2, 0.25) is 0 Å². The maximum atomic E-state index is 2.39. The van der Waals surface area contributed by atoms with E-state index in [0.29, 0.717) is 0 Å². The van der Waals surface area contributed by atoms with Gasteiger partial charge in [-0.05, 0) is 55.4 Å². The van der Waals surface area contributed by atoms with Gasteiger partial charge in [-0.15, -0.1) is 0 Å². The summed E-state index contributed by atoms with van der Waals surface area (Å²) in [5.41, 5.74) is 0. The zero-order valence-corrected chi connectivity index (χ0v) is 14.6. The smallest absolute Gasteiger partial charge is 0.0625 e. The maximum absolute atomic E-state index is 2.39. The van der Waals surface area contributed by atoms with Crippen LogP contribution < -0.4 is 0 Å². The fraction of sp³-hybridized carbons (Fsp3) is 0.429. The first kappa shape index (κ1) is 15.7. The Morgan fingerprint density at radius 1 is 0.864 bits per heavy atom. The Bertz CT molecular complexity index is 521. The largest absolute Gasteiger partial charge is 0.160 e. The molecule has 0 aliphatic heterocycles. The van der Waals surface area contributed by atoms with Crippen LogP contribution in [0.5, 0.6) is 0 Å². The number of hydrogen-bond acceptors (Lipinski definition) is 0. The lowest BCUT2D eigenvalue weighted by atomic mass is 9.94. The Hall–Kier alpha value is -1.21. The molecule has 116 valence electrons. The van der Waals surface area contributed by atoms with Crippen molar-refractivity contribution >= 4 is 10.9 Å². The van der Waals surface area contributed by atoms with Crippen LogP contribution in [0, 0.1) is 17.8 Å². The molecule has 0 aromatic heterocycles. The van der Waals surface area contributed by atoms with E-state index in [4.69, 9.17) is 0 Å². The van der Waals surface area contributed by atoms with E-state index in [1.165, 1.54) is 34.8 Å². The quantitative estimate of drug-likeness (QED) is 0.613. The summed E-state index contributed by atoms with van der Waals surface area (Å²) in [4.78, 5) is 3.00. The van der Waals surface area contributed by atoms with Gasteiger partial charge in [-0.25, -0.2) is 0 Å². The molecule has 2 aromatic rings. The predicted octanol–water partition coefficient (Wildman–Crippen LogP) is 5.80. The van der Waals surface area contributed by atoms with E-state index in [0.717, 1.165) is 17.8 Å². The molecule has 0 radical (unpaired) electrons. The molecular formula is C21H27S+. The Labute approximate surface area is 138 Å². The molecule has 2 unspecified atom stereocenters. The summed E-state index contributed by atoms with van der Waals surface area (Å²) in [7, 11) is 0.231. The minimum absolute atomic E-state index is 0.231. The molecule has 22 heavy (non-hydrogen) atoms. The number of benzene rings is 2. The normalized spacial score (nSPS) is 21.6. The summed E-state index contributed by atoms with van der Waals surface area (Å²) in [6.07, 6.45) is 4.29. The molecule has 2 aromatic carbocycles. The Morgan fingerprint density at radius 3 is 1.86 bits per heavy atom. The highest BCUT2D eigenvalue weighted by Crippen LogP contribution is 2.38. The van der Waals surface area contributed by atoms with Gasteiger partial charge in [0.1, 0.15) is 5.75 Å². The molecule has 1 fully saturated rings. The molecule has 1 aliphatic carbocycles. The Kier molecular flexibility index (Phi) is 5.25. The van der Waals surface area contributed by atoms with E-state index < -0.39 is 0 Å². The molecule has 0 nitrogen and oxygen atoms in total. The van der Waals surface area contributed by atoms with Crippen LogP contribution in [0.2, 0.25) is 0 Å². The van der Waals surface area contributed by atoms with Gasteiger partial charge in [0.15, 0.2) is 9.79 Å². The van der Waals surface area contributed by atoms with Crippen molar-refractivity contribution in [2.45, 2.75) is 42.9 Å². The first-order valence-electron chi connectivity index (χ1n) is 8.55. The molecule has 0 amide bonds. The molecule has 0 heterocycles. The van der Waals surface area contributed by atoms with Crippen molar-refractivity contribution in [3.63, 3.8) is 0 Å². The molecule has 2 atom stereocenters. The molecule has 1 aliphatic rings. The van der Waals surface area contributed by atoms with Crippen molar-refractivity contribution in [2.75, 3.05) is 5.75 Å². The van der Waals surface area contributed by atoms with E-state index in [2.05, 4.69) is 74.5 Å². The van der Waals surface area contributed by atoms with E-state index in [9.17, 15) is 0 Å². The Morgan fingerprint density at radius 2 is 1.41 bits per heavy atom. The van der Waals surface area contributed by atoms with Gasteiger partial charge in [0.25, 0.3) is 0 Å². The van der Waals surface area contributed by atoms with Gasteiger partial charge in [-0.2, -0.15) is 0 Å². The molecular weight excluding hydrogens is 284 g/mol. The third-order valence-electron chi connectivity index (χ3n) is 4.98. The fourth-order valence-corrected chi connectivity index (χ4v) is 6.01. The number of rotatable bonds is 5. The van der Waals surface area contributed by atoms with Gasteiger partial charge in [0, 0.05) is 5.92 Å². The minimum Gasteiger partial charge on any atom is -0.0625 e. The van der Waals surface area contributed by atoms with Crippen LogP contribution in [0.15, 0.2) is 70.5 Å². The third kappa shape index (κ3) is 3.76.